The Morgan fingerprint density at radius 1 is 1.30 bits per heavy atom. The summed E-state index contributed by atoms with van der Waals surface area (Å²) in [6.45, 7) is 0. The zero-order valence-electron chi connectivity index (χ0n) is 11.5. The molecule has 1 aromatic carbocycles. The Morgan fingerprint density at radius 2 is 2.10 bits per heavy atom. The first kappa shape index (κ1) is 15.2. The van der Waals surface area contributed by atoms with Gasteiger partial charge in [-0.3, -0.25) is 4.98 Å². The second-order valence-corrected chi connectivity index (χ2v) is 5.64. The van der Waals surface area contributed by atoms with Crippen LogP contribution in [0.4, 0.5) is 0 Å². The summed E-state index contributed by atoms with van der Waals surface area (Å²) in [6.07, 6.45) is 1.78. The van der Waals surface area contributed by atoms with Crippen LogP contribution in [0.3, 0.4) is 0 Å². The maximum atomic E-state index is 6.17. The van der Waals surface area contributed by atoms with Gasteiger partial charge in [-0.25, -0.2) is 0 Å². The third-order valence-corrected chi connectivity index (χ3v) is 4.55. The van der Waals surface area contributed by atoms with Crippen LogP contribution >= 0.6 is 23.4 Å². The SMILES string of the molecule is CNC(CSc1ccccc1Cl)c1ncccc1OC. The Kier molecular flexibility index (Phi) is 5.71. The smallest absolute Gasteiger partial charge is 0.142 e. The molecule has 1 heterocycles. The van der Waals surface area contributed by atoms with E-state index in [1.54, 1.807) is 25.1 Å². The molecule has 1 unspecified atom stereocenters. The molecule has 1 N–H and O–H groups in total. The van der Waals surface area contributed by atoms with Crippen LogP contribution < -0.4 is 10.1 Å². The van der Waals surface area contributed by atoms with Crippen LogP contribution in [0.15, 0.2) is 47.5 Å². The van der Waals surface area contributed by atoms with E-state index < -0.39 is 0 Å². The average molecular weight is 309 g/mol. The van der Waals surface area contributed by atoms with Gasteiger partial charge in [-0.15, -0.1) is 11.8 Å². The van der Waals surface area contributed by atoms with Crippen LogP contribution in [-0.4, -0.2) is 24.9 Å². The number of rotatable bonds is 6. The number of benzene rings is 1. The van der Waals surface area contributed by atoms with E-state index in [0.29, 0.717) is 0 Å². The maximum absolute atomic E-state index is 6.17. The van der Waals surface area contributed by atoms with Crippen molar-refractivity contribution in [1.29, 1.82) is 0 Å². The Morgan fingerprint density at radius 3 is 2.80 bits per heavy atom. The van der Waals surface area contributed by atoms with E-state index in [1.807, 2.05) is 43.4 Å². The van der Waals surface area contributed by atoms with Crippen LogP contribution in [0.5, 0.6) is 5.75 Å². The molecule has 106 valence electrons. The lowest BCUT2D eigenvalue weighted by Gasteiger charge is -2.18. The van der Waals surface area contributed by atoms with Crippen molar-refractivity contribution >= 4 is 23.4 Å². The second kappa shape index (κ2) is 7.53. The number of hydrogen-bond acceptors (Lipinski definition) is 4. The van der Waals surface area contributed by atoms with Crippen molar-refractivity contribution in [2.75, 3.05) is 19.9 Å². The molecule has 5 heteroatoms. The Labute approximate surface area is 128 Å². The highest BCUT2D eigenvalue weighted by Gasteiger charge is 2.16. The molecule has 0 radical (unpaired) electrons. The summed E-state index contributed by atoms with van der Waals surface area (Å²) in [4.78, 5) is 5.50. The highest BCUT2D eigenvalue weighted by Crippen LogP contribution is 2.31. The fraction of sp³-hybridized carbons (Fsp3) is 0.267. The lowest BCUT2D eigenvalue weighted by atomic mass is 10.2. The predicted molar refractivity (Wildman–Crippen MR) is 84.8 cm³/mol. The predicted octanol–water partition coefficient (Wildman–Crippen LogP) is 3.80. The van der Waals surface area contributed by atoms with Gasteiger partial charge in [0.05, 0.1) is 23.9 Å². The van der Waals surface area contributed by atoms with Crippen LogP contribution in [0, 0.1) is 0 Å². The minimum atomic E-state index is 0.104. The Bertz CT molecular complexity index is 565. The minimum Gasteiger partial charge on any atom is -0.495 e. The molecule has 0 bridgehead atoms. The molecular weight excluding hydrogens is 292 g/mol. The highest BCUT2D eigenvalue weighted by atomic mass is 35.5. The first-order valence-electron chi connectivity index (χ1n) is 6.29. The van der Waals surface area contributed by atoms with Gasteiger partial charge in [-0.1, -0.05) is 23.7 Å². The van der Waals surface area contributed by atoms with Crippen molar-refractivity contribution in [1.82, 2.24) is 10.3 Å². The number of hydrogen-bond donors (Lipinski definition) is 1. The van der Waals surface area contributed by atoms with E-state index in [9.17, 15) is 0 Å². The van der Waals surface area contributed by atoms with E-state index in [2.05, 4.69) is 10.3 Å². The number of nitrogens with one attached hydrogen (secondary N) is 1. The number of nitrogens with zero attached hydrogens (tertiary/aromatic N) is 1. The lowest BCUT2D eigenvalue weighted by molar-refractivity contribution is 0.400. The van der Waals surface area contributed by atoms with Crippen molar-refractivity contribution in [3.05, 3.63) is 53.3 Å². The van der Waals surface area contributed by atoms with Gasteiger partial charge in [0.2, 0.25) is 0 Å². The van der Waals surface area contributed by atoms with E-state index in [-0.39, 0.29) is 6.04 Å². The number of thioether (sulfide) groups is 1. The van der Waals surface area contributed by atoms with E-state index in [1.165, 1.54) is 0 Å². The zero-order valence-corrected chi connectivity index (χ0v) is 13.0. The van der Waals surface area contributed by atoms with Gasteiger partial charge in [0.1, 0.15) is 5.75 Å². The van der Waals surface area contributed by atoms with Crippen molar-refractivity contribution < 1.29 is 4.74 Å². The topological polar surface area (TPSA) is 34.2 Å². The summed E-state index contributed by atoms with van der Waals surface area (Å²) in [7, 11) is 3.58. The summed E-state index contributed by atoms with van der Waals surface area (Å²) in [5, 5.41) is 4.05. The monoisotopic (exact) mass is 308 g/mol. The fourth-order valence-electron chi connectivity index (χ4n) is 1.87. The molecule has 2 aromatic rings. The summed E-state index contributed by atoms with van der Waals surface area (Å²) in [6, 6.07) is 11.7. The maximum Gasteiger partial charge on any atom is 0.142 e. The van der Waals surface area contributed by atoms with Crippen molar-refractivity contribution in [2.24, 2.45) is 0 Å². The van der Waals surface area contributed by atoms with Crippen molar-refractivity contribution in [3.8, 4) is 5.75 Å². The van der Waals surface area contributed by atoms with Crippen LogP contribution in [0.25, 0.3) is 0 Å². The molecule has 0 saturated heterocycles. The molecule has 20 heavy (non-hydrogen) atoms. The van der Waals surface area contributed by atoms with Gasteiger partial charge in [0, 0.05) is 16.8 Å². The van der Waals surface area contributed by atoms with Gasteiger partial charge in [0.25, 0.3) is 0 Å². The lowest BCUT2D eigenvalue weighted by Crippen LogP contribution is -2.20. The molecule has 0 aliphatic rings. The number of ether oxygens (including phenoxy) is 1. The van der Waals surface area contributed by atoms with E-state index in [0.717, 1.165) is 27.1 Å². The molecule has 0 amide bonds. The average Bonchev–Trinajstić information content (AvgIpc) is 2.50. The van der Waals surface area contributed by atoms with Gasteiger partial charge in [-0.2, -0.15) is 0 Å². The summed E-state index contributed by atoms with van der Waals surface area (Å²) < 4.78 is 5.37. The molecular formula is C15H17ClN2OS. The first-order chi connectivity index (χ1) is 9.76. The highest BCUT2D eigenvalue weighted by molar-refractivity contribution is 7.99. The van der Waals surface area contributed by atoms with Crippen LogP contribution in [0.1, 0.15) is 11.7 Å². The third kappa shape index (κ3) is 3.66. The normalized spacial score (nSPS) is 12.2. The summed E-state index contributed by atoms with van der Waals surface area (Å²) in [5.74, 6) is 1.62. The quantitative estimate of drug-likeness (QED) is 0.823. The largest absolute Gasteiger partial charge is 0.495 e. The minimum absolute atomic E-state index is 0.104. The number of halogens is 1. The Hall–Kier alpha value is -1.23. The van der Waals surface area contributed by atoms with Crippen LogP contribution in [-0.2, 0) is 0 Å². The molecule has 0 saturated carbocycles. The molecule has 0 spiro atoms. The van der Waals surface area contributed by atoms with Gasteiger partial charge < -0.3 is 10.1 Å². The fourth-order valence-corrected chi connectivity index (χ4v) is 3.22. The number of aromatic nitrogens is 1. The zero-order chi connectivity index (χ0) is 14.4. The number of methoxy groups -OCH3 is 1. The van der Waals surface area contributed by atoms with Crippen molar-refractivity contribution in [2.45, 2.75) is 10.9 Å². The van der Waals surface area contributed by atoms with Gasteiger partial charge in [0.15, 0.2) is 0 Å². The van der Waals surface area contributed by atoms with E-state index >= 15 is 0 Å². The van der Waals surface area contributed by atoms with Crippen molar-refractivity contribution in [3.63, 3.8) is 0 Å². The summed E-state index contributed by atoms with van der Waals surface area (Å²) in [5.41, 5.74) is 0.914. The van der Waals surface area contributed by atoms with Gasteiger partial charge >= 0.3 is 0 Å². The third-order valence-electron chi connectivity index (χ3n) is 2.94. The number of pyridine rings is 1. The van der Waals surface area contributed by atoms with Crippen LogP contribution in [0.2, 0.25) is 5.02 Å². The molecule has 0 fully saturated rings. The van der Waals surface area contributed by atoms with E-state index in [4.69, 9.17) is 16.3 Å². The molecule has 1 atom stereocenters. The summed E-state index contributed by atoms with van der Waals surface area (Å²) >= 11 is 7.88. The molecule has 0 aliphatic heterocycles. The Balaban J connectivity index is 2.11. The first-order valence-corrected chi connectivity index (χ1v) is 7.66. The molecule has 3 nitrogen and oxygen atoms in total. The second-order valence-electron chi connectivity index (χ2n) is 4.17. The molecule has 2 rings (SSSR count). The standard InChI is InChI=1S/C15H17ClN2OS/c1-17-12(15-13(19-2)7-5-9-18-15)10-20-14-8-4-3-6-11(14)16/h3-9,12,17H,10H2,1-2H3. The van der Waals surface area contributed by atoms with Gasteiger partial charge in [-0.05, 0) is 31.3 Å². The molecule has 1 aromatic heterocycles. The molecule has 0 aliphatic carbocycles.